The molecule has 3 aromatic rings. The second-order valence-electron chi connectivity index (χ2n) is 6.87. The zero-order chi connectivity index (χ0) is 21.7. The van der Waals surface area contributed by atoms with E-state index in [4.69, 9.17) is 13.9 Å². The van der Waals surface area contributed by atoms with Crippen LogP contribution < -0.4 is 13.8 Å². The van der Waals surface area contributed by atoms with Crippen molar-refractivity contribution in [3.05, 3.63) is 84.8 Å². The van der Waals surface area contributed by atoms with Gasteiger partial charge in [0.05, 0.1) is 31.1 Å². The van der Waals surface area contributed by atoms with E-state index in [0.29, 0.717) is 29.4 Å². The van der Waals surface area contributed by atoms with Crippen molar-refractivity contribution in [1.29, 1.82) is 0 Å². The number of furan rings is 1. The molecule has 0 spiro atoms. The molecule has 158 valence electrons. The van der Waals surface area contributed by atoms with E-state index in [1.54, 1.807) is 55.6 Å². The standard InChI is InChI=1S/C23H25NO5S/c1-17(2)16-22(23-6-5-15-29-23)24(18-7-9-19(27-3)10-8-18)30(25,26)21-13-11-20(28-4)12-14-21/h5-15,22H,1,16H2,2-4H3/t22-/m0/s1. The van der Waals surface area contributed by atoms with Crippen molar-refractivity contribution in [1.82, 2.24) is 0 Å². The fourth-order valence-corrected chi connectivity index (χ4v) is 4.81. The average molecular weight is 428 g/mol. The normalized spacial score (nSPS) is 12.2. The van der Waals surface area contributed by atoms with Crippen LogP contribution in [0.15, 0.2) is 88.4 Å². The van der Waals surface area contributed by atoms with Gasteiger partial charge in [0.1, 0.15) is 23.3 Å². The molecule has 0 unspecified atom stereocenters. The highest BCUT2D eigenvalue weighted by atomic mass is 32.2. The third-order valence-electron chi connectivity index (χ3n) is 4.64. The van der Waals surface area contributed by atoms with E-state index in [1.807, 2.05) is 6.92 Å². The SMILES string of the molecule is C=C(C)C[C@@H](c1ccco1)N(c1ccc(OC)cc1)S(=O)(=O)c1ccc(OC)cc1. The molecule has 1 aromatic heterocycles. The molecule has 0 saturated carbocycles. The molecule has 0 aliphatic rings. The van der Waals surface area contributed by atoms with Gasteiger partial charge in [0.15, 0.2) is 0 Å². The summed E-state index contributed by atoms with van der Waals surface area (Å²) in [6.07, 6.45) is 1.93. The molecular formula is C23H25NO5S. The molecule has 0 saturated heterocycles. The van der Waals surface area contributed by atoms with E-state index in [1.165, 1.54) is 29.8 Å². The van der Waals surface area contributed by atoms with E-state index in [9.17, 15) is 8.42 Å². The topological polar surface area (TPSA) is 69.0 Å². The number of benzene rings is 2. The molecule has 0 radical (unpaired) electrons. The lowest BCUT2D eigenvalue weighted by Crippen LogP contribution is -2.35. The number of methoxy groups -OCH3 is 2. The minimum atomic E-state index is -3.93. The lowest BCUT2D eigenvalue weighted by atomic mass is 10.1. The van der Waals surface area contributed by atoms with E-state index in [-0.39, 0.29) is 4.90 Å². The van der Waals surface area contributed by atoms with Crippen molar-refractivity contribution in [3.8, 4) is 11.5 Å². The van der Waals surface area contributed by atoms with Crippen molar-refractivity contribution in [2.75, 3.05) is 18.5 Å². The van der Waals surface area contributed by atoms with E-state index in [2.05, 4.69) is 6.58 Å². The number of hydrogen-bond donors (Lipinski definition) is 0. The molecular weight excluding hydrogens is 402 g/mol. The summed E-state index contributed by atoms with van der Waals surface area (Å²) in [6.45, 7) is 5.85. The van der Waals surface area contributed by atoms with Crippen LogP contribution in [0.1, 0.15) is 25.1 Å². The summed E-state index contributed by atoms with van der Waals surface area (Å²) in [7, 11) is -0.836. The minimum absolute atomic E-state index is 0.150. The summed E-state index contributed by atoms with van der Waals surface area (Å²) >= 11 is 0. The van der Waals surface area contributed by atoms with Gasteiger partial charge in [-0.1, -0.05) is 5.57 Å². The lowest BCUT2D eigenvalue weighted by Gasteiger charge is -2.32. The van der Waals surface area contributed by atoms with Gasteiger partial charge in [0, 0.05) is 0 Å². The van der Waals surface area contributed by atoms with Crippen molar-refractivity contribution in [3.63, 3.8) is 0 Å². The van der Waals surface area contributed by atoms with Crippen LogP contribution in [-0.2, 0) is 10.0 Å². The molecule has 7 heteroatoms. The third-order valence-corrected chi connectivity index (χ3v) is 6.49. The number of hydrogen-bond acceptors (Lipinski definition) is 5. The largest absolute Gasteiger partial charge is 0.497 e. The fraction of sp³-hybridized carbons (Fsp3) is 0.217. The van der Waals surface area contributed by atoms with E-state index < -0.39 is 16.1 Å². The van der Waals surface area contributed by atoms with Crippen LogP contribution in [-0.4, -0.2) is 22.6 Å². The predicted octanol–water partition coefficient (Wildman–Crippen LogP) is 5.20. The summed E-state index contributed by atoms with van der Waals surface area (Å²) in [6, 6.07) is 16.1. The average Bonchev–Trinajstić information content (AvgIpc) is 3.28. The fourth-order valence-electron chi connectivity index (χ4n) is 3.19. The van der Waals surface area contributed by atoms with Crippen molar-refractivity contribution in [2.45, 2.75) is 24.3 Å². The van der Waals surface area contributed by atoms with Gasteiger partial charge in [-0.15, -0.1) is 6.58 Å². The first-order chi connectivity index (χ1) is 14.4. The van der Waals surface area contributed by atoms with Crippen LogP contribution in [0.4, 0.5) is 5.69 Å². The summed E-state index contributed by atoms with van der Waals surface area (Å²) in [5, 5.41) is 0. The third kappa shape index (κ3) is 4.52. The predicted molar refractivity (Wildman–Crippen MR) is 117 cm³/mol. The molecule has 0 bridgehead atoms. The molecule has 0 fully saturated rings. The first-order valence-corrected chi connectivity index (χ1v) is 10.8. The molecule has 0 amide bonds. The Morgan fingerprint density at radius 1 is 1.00 bits per heavy atom. The molecule has 6 nitrogen and oxygen atoms in total. The lowest BCUT2D eigenvalue weighted by molar-refractivity contribution is 0.414. The van der Waals surface area contributed by atoms with Crippen molar-refractivity contribution in [2.24, 2.45) is 0 Å². The van der Waals surface area contributed by atoms with Crippen LogP contribution in [0.2, 0.25) is 0 Å². The number of ether oxygens (including phenoxy) is 2. The van der Waals surface area contributed by atoms with Gasteiger partial charge in [-0.25, -0.2) is 8.42 Å². The van der Waals surface area contributed by atoms with E-state index in [0.717, 1.165) is 5.57 Å². The second-order valence-corrected chi connectivity index (χ2v) is 8.68. The Labute approximate surface area is 177 Å². The Kier molecular flexibility index (Phi) is 6.52. The number of sulfonamides is 1. The summed E-state index contributed by atoms with van der Waals surface area (Å²) < 4.78 is 45.0. The van der Waals surface area contributed by atoms with Crippen LogP contribution in [0, 0.1) is 0 Å². The molecule has 0 N–H and O–H groups in total. The van der Waals surface area contributed by atoms with Gasteiger partial charge >= 0.3 is 0 Å². The summed E-state index contributed by atoms with van der Waals surface area (Å²) in [5.74, 6) is 1.75. The van der Waals surface area contributed by atoms with Gasteiger partial charge < -0.3 is 13.9 Å². The first kappa shape index (κ1) is 21.5. The molecule has 0 aliphatic carbocycles. The van der Waals surface area contributed by atoms with Gasteiger partial charge in [0.2, 0.25) is 0 Å². The molecule has 1 heterocycles. The van der Waals surface area contributed by atoms with Crippen LogP contribution in [0.3, 0.4) is 0 Å². The maximum Gasteiger partial charge on any atom is 0.265 e. The highest BCUT2D eigenvalue weighted by Crippen LogP contribution is 2.38. The van der Waals surface area contributed by atoms with Gasteiger partial charge in [0.25, 0.3) is 10.0 Å². The highest BCUT2D eigenvalue weighted by Gasteiger charge is 2.34. The summed E-state index contributed by atoms with van der Waals surface area (Å²) in [5.41, 5.74) is 1.33. The molecule has 2 aromatic carbocycles. The first-order valence-electron chi connectivity index (χ1n) is 9.37. The van der Waals surface area contributed by atoms with Gasteiger partial charge in [-0.2, -0.15) is 0 Å². The van der Waals surface area contributed by atoms with Crippen LogP contribution >= 0.6 is 0 Å². The Morgan fingerprint density at radius 2 is 1.57 bits per heavy atom. The van der Waals surface area contributed by atoms with Gasteiger partial charge in [-0.05, 0) is 74.0 Å². The van der Waals surface area contributed by atoms with E-state index >= 15 is 0 Å². The number of nitrogens with zero attached hydrogens (tertiary/aromatic N) is 1. The van der Waals surface area contributed by atoms with Crippen molar-refractivity contribution < 1.29 is 22.3 Å². The highest BCUT2D eigenvalue weighted by molar-refractivity contribution is 7.92. The second kappa shape index (κ2) is 9.09. The molecule has 1 atom stereocenters. The summed E-state index contributed by atoms with van der Waals surface area (Å²) in [4.78, 5) is 0.150. The zero-order valence-electron chi connectivity index (χ0n) is 17.2. The maximum atomic E-state index is 13.8. The Bertz CT molecular complexity index is 1070. The Morgan fingerprint density at radius 3 is 2.03 bits per heavy atom. The maximum absolute atomic E-state index is 13.8. The monoisotopic (exact) mass is 427 g/mol. The molecule has 30 heavy (non-hydrogen) atoms. The van der Waals surface area contributed by atoms with Gasteiger partial charge in [-0.3, -0.25) is 4.31 Å². The smallest absolute Gasteiger partial charge is 0.265 e. The van der Waals surface area contributed by atoms with Crippen molar-refractivity contribution >= 4 is 15.7 Å². The van der Waals surface area contributed by atoms with Crippen LogP contribution in [0.5, 0.6) is 11.5 Å². The minimum Gasteiger partial charge on any atom is -0.497 e. The number of anilines is 1. The number of rotatable bonds is 9. The molecule has 3 rings (SSSR count). The quantitative estimate of drug-likeness (QED) is 0.439. The zero-order valence-corrected chi connectivity index (χ0v) is 18.1. The Hall–Kier alpha value is -3.19. The molecule has 0 aliphatic heterocycles. The van der Waals surface area contributed by atoms with Crippen LogP contribution in [0.25, 0.3) is 0 Å². The Balaban J connectivity index is 2.17.